The van der Waals surface area contributed by atoms with Crippen LogP contribution in [0, 0.1) is 0 Å². The number of hydrogen-bond donors (Lipinski definition) is 0. The number of rotatable bonds is 5. The first-order valence-corrected chi connectivity index (χ1v) is 11.2. The van der Waals surface area contributed by atoms with Crippen LogP contribution in [0.2, 0.25) is 0 Å². The van der Waals surface area contributed by atoms with Crippen molar-refractivity contribution in [1.82, 2.24) is 10.0 Å². The van der Waals surface area contributed by atoms with Crippen LogP contribution in [-0.2, 0) is 9.47 Å². The number of fused-ring (bicyclic) bond motifs is 1. The lowest BCUT2D eigenvalue weighted by Crippen LogP contribution is -2.54. The van der Waals surface area contributed by atoms with Crippen LogP contribution in [-0.4, -0.2) is 42.5 Å². The topological polar surface area (TPSA) is 98.5 Å². The van der Waals surface area contributed by atoms with E-state index in [9.17, 15) is 14.4 Å². The molecule has 2 amide bonds. The molecular weight excluding hydrogens is 452 g/mol. The number of para-hydroxylation sites is 1. The van der Waals surface area contributed by atoms with E-state index in [1.54, 1.807) is 81.6 Å². The summed E-state index contributed by atoms with van der Waals surface area (Å²) in [6, 6.07) is 13.6. The van der Waals surface area contributed by atoms with Crippen LogP contribution in [0.15, 0.2) is 76.0 Å². The van der Waals surface area contributed by atoms with Crippen molar-refractivity contribution < 1.29 is 28.2 Å². The summed E-state index contributed by atoms with van der Waals surface area (Å²) in [4.78, 5) is 39.2. The smallest absolute Gasteiger partial charge is 0.429 e. The molecule has 0 spiro atoms. The minimum absolute atomic E-state index is 0.0807. The summed E-state index contributed by atoms with van der Waals surface area (Å²) in [6.45, 7) is 3.52. The van der Waals surface area contributed by atoms with E-state index in [0.29, 0.717) is 22.3 Å². The van der Waals surface area contributed by atoms with Crippen LogP contribution in [0.25, 0.3) is 11.0 Å². The van der Waals surface area contributed by atoms with Crippen LogP contribution >= 0.6 is 0 Å². The normalized spacial score (nSPS) is 17.3. The quantitative estimate of drug-likeness (QED) is 0.477. The highest BCUT2D eigenvalue weighted by molar-refractivity contribution is 5.78. The fraction of sp³-hybridized carbons (Fsp3) is 0.269. The largest absolute Gasteiger partial charge is 0.497 e. The number of methoxy groups -OCH3 is 1. The molecule has 35 heavy (non-hydrogen) atoms. The van der Waals surface area contributed by atoms with Crippen molar-refractivity contribution in [1.29, 1.82) is 0 Å². The first kappa shape index (κ1) is 23.9. The monoisotopic (exact) mass is 478 g/mol. The Kier molecular flexibility index (Phi) is 7.05. The SMILES string of the molecule is CCOC(=O)N1C(c2ccc(OC)cc2)C=CC(c2cc(=O)c3ccccc3o2)N1C(=O)OCC. The third-order valence-corrected chi connectivity index (χ3v) is 5.55. The summed E-state index contributed by atoms with van der Waals surface area (Å²) in [7, 11) is 1.56. The predicted octanol–water partition coefficient (Wildman–Crippen LogP) is 4.99. The van der Waals surface area contributed by atoms with Crippen LogP contribution in [0.1, 0.15) is 37.3 Å². The fourth-order valence-corrected chi connectivity index (χ4v) is 3.96. The fourth-order valence-electron chi connectivity index (χ4n) is 3.96. The Morgan fingerprint density at radius 1 is 0.886 bits per heavy atom. The Hall–Kier alpha value is -4.27. The Bertz CT molecular complexity index is 1300. The molecule has 2 aromatic carbocycles. The molecule has 9 nitrogen and oxygen atoms in total. The van der Waals surface area contributed by atoms with Gasteiger partial charge in [-0.05, 0) is 43.7 Å². The molecule has 4 rings (SSSR count). The van der Waals surface area contributed by atoms with Gasteiger partial charge in [-0.25, -0.2) is 14.6 Å². The van der Waals surface area contributed by atoms with Gasteiger partial charge in [0.25, 0.3) is 0 Å². The third-order valence-electron chi connectivity index (χ3n) is 5.55. The van der Waals surface area contributed by atoms with Crippen LogP contribution in [0.4, 0.5) is 9.59 Å². The number of amides is 2. The molecule has 2 unspecified atom stereocenters. The zero-order valence-corrected chi connectivity index (χ0v) is 19.7. The van der Waals surface area contributed by atoms with E-state index in [-0.39, 0.29) is 24.4 Å². The second kappa shape index (κ2) is 10.3. The van der Waals surface area contributed by atoms with E-state index in [1.807, 2.05) is 0 Å². The van der Waals surface area contributed by atoms with E-state index in [4.69, 9.17) is 18.6 Å². The zero-order chi connectivity index (χ0) is 24.9. The number of carbonyl (C=O) groups is 2. The van der Waals surface area contributed by atoms with E-state index >= 15 is 0 Å². The Labute approximate surface area is 202 Å². The maximum atomic E-state index is 13.2. The highest BCUT2D eigenvalue weighted by Gasteiger charge is 2.43. The van der Waals surface area contributed by atoms with Gasteiger partial charge in [-0.1, -0.05) is 36.4 Å². The number of nitrogens with zero attached hydrogens (tertiary/aromatic N) is 2. The van der Waals surface area contributed by atoms with Crippen molar-refractivity contribution in [3.05, 3.63) is 88.3 Å². The molecule has 2 heterocycles. The summed E-state index contributed by atoms with van der Waals surface area (Å²) >= 11 is 0. The second-order valence-corrected chi connectivity index (χ2v) is 7.64. The lowest BCUT2D eigenvalue weighted by molar-refractivity contribution is -0.0595. The number of ether oxygens (including phenoxy) is 3. The standard InChI is InChI=1S/C26H26N2O7/c1-4-33-25(30)27-20(17-10-12-18(32-3)13-11-17)14-15-21(28(27)26(31)34-5-2)24-16-22(29)19-8-6-7-9-23(19)35-24/h6-16,20-21H,4-5H2,1-3H3. The number of hydrazine groups is 1. The second-order valence-electron chi connectivity index (χ2n) is 7.64. The molecule has 0 N–H and O–H groups in total. The van der Waals surface area contributed by atoms with Gasteiger partial charge in [0.05, 0.1) is 25.7 Å². The molecular formula is C26H26N2O7. The van der Waals surface area contributed by atoms with Crippen molar-refractivity contribution >= 4 is 23.2 Å². The van der Waals surface area contributed by atoms with Gasteiger partial charge < -0.3 is 18.6 Å². The van der Waals surface area contributed by atoms with Crippen molar-refractivity contribution in [2.45, 2.75) is 25.9 Å². The van der Waals surface area contributed by atoms with E-state index in [1.165, 1.54) is 11.1 Å². The summed E-state index contributed by atoms with van der Waals surface area (Å²) in [5.41, 5.74) is 0.814. The van der Waals surface area contributed by atoms with Gasteiger partial charge >= 0.3 is 12.2 Å². The lowest BCUT2D eigenvalue weighted by Gasteiger charge is -2.43. The van der Waals surface area contributed by atoms with E-state index in [0.717, 1.165) is 5.01 Å². The van der Waals surface area contributed by atoms with Gasteiger partial charge in [-0.15, -0.1) is 0 Å². The minimum atomic E-state index is -0.926. The van der Waals surface area contributed by atoms with Crippen LogP contribution in [0.3, 0.4) is 0 Å². The van der Waals surface area contributed by atoms with Gasteiger partial charge in [0.1, 0.15) is 29.2 Å². The molecule has 0 radical (unpaired) electrons. The molecule has 1 aliphatic heterocycles. The highest BCUT2D eigenvalue weighted by atomic mass is 16.6. The Morgan fingerprint density at radius 3 is 2.11 bits per heavy atom. The average Bonchev–Trinajstić information content (AvgIpc) is 2.88. The maximum absolute atomic E-state index is 13.2. The summed E-state index contributed by atoms with van der Waals surface area (Å²) in [5.74, 6) is 0.828. The van der Waals surface area contributed by atoms with Crippen molar-refractivity contribution in [2.24, 2.45) is 0 Å². The first-order valence-electron chi connectivity index (χ1n) is 11.2. The maximum Gasteiger partial charge on any atom is 0.429 e. The number of hydrogen-bond acceptors (Lipinski definition) is 7. The van der Waals surface area contributed by atoms with Crippen LogP contribution in [0.5, 0.6) is 5.75 Å². The molecule has 9 heteroatoms. The summed E-state index contributed by atoms with van der Waals surface area (Å²) in [6.07, 6.45) is 1.92. The molecule has 182 valence electrons. The minimum Gasteiger partial charge on any atom is -0.497 e. The summed E-state index contributed by atoms with van der Waals surface area (Å²) in [5, 5.41) is 2.73. The van der Waals surface area contributed by atoms with Gasteiger partial charge in [-0.3, -0.25) is 4.79 Å². The Balaban J connectivity index is 1.87. The predicted molar refractivity (Wildman–Crippen MR) is 128 cm³/mol. The number of benzene rings is 2. The first-order chi connectivity index (χ1) is 17.0. The molecule has 3 aromatic rings. The molecule has 0 fully saturated rings. The van der Waals surface area contributed by atoms with Gasteiger partial charge in [0, 0.05) is 6.07 Å². The van der Waals surface area contributed by atoms with Crippen LogP contribution < -0.4 is 10.2 Å². The van der Waals surface area contributed by atoms with E-state index < -0.39 is 24.3 Å². The van der Waals surface area contributed by atoms with Crippen molar-refractivity contribution in [2.75, 3.05) is 20.3 Å². The van der Waals surface area contributed by atoms with Gasteiger partial charge in [0.2, 0.25) is 0 Å². The Morgan fingerprint density at radius 2 is 1.49 bits per heavy atom. The van der Waals surface area contributed by atoms with Crippen molar-refractivity contribution in [3.8, 4) is 5.75 Å². The molecule has 0 saturated heterocycles. The molecule has 1 aromatic heterocycles. The molecule has 0 saturated carbocycles. The number of carbonyl (C=O) groups excluding carboxylic acids is 2. The van der Waals surface area contributed by atoms with Gasteiger partial charge in [0.15, 0.2) is 5.43 Å². The molecule has 0 bridgehead atoms. The van der Waals surface area contributed by atoms with Gasteiger partial charge in [-0.2, -0.15) is 5.01 Å². The third kappa shape index (κ3) is 4.70. The highest BCUT2D eigenvalue weighted by Crippen LogP contribution is 2.38. The molecule has 0 aliphatic carbocycles. The molecule has 2 atom stereocenters. The lowest BCUT2D eigenvalue weighted by atomic mass is 10.0. The average molecular weight is 479 g/mol. The zero-order valence-electron chi connectivity index (χ0n) is 19.7. The van der Waals surface area contributed by atoms with Crippen molar-refractivity contribution in [3.63, 3.8) is 0 Å². The van der Waals surface area contributed by atoms with E-state index in [2.05, 4.69) is 0 Å². The molecule has 1 aliphatic rings. The summed E-state index contributed by atoms with van der Waals surface area (Å²) < 4.78 is 21.8.